The van der Waals surface area contributed by atoms with Crippen molar-refractivity contribution in [2.75, 3.05) is 16.4 Å². The van der Waals surface area contributed by atoms with Crippen molar-refractivity contribution in [3.63, 3.8) is 0 Å². The summed E-state index contributed by atoms with van der Waals surface area (Å²) >= 11 is 2.56. The van der Waals surface area contributed by atoms with Gasteiger partial charge in [-0.25, -0.2) is 4.98 Å². The molecule has 0 atom stereocenters. The van der Waals surface area contributed by atoms with E-state index < -0.39 is 17.6 Å². The Hall–Kier alpha value is -2.93. The molecule has 0 bridgehead atoms. The Labute approximate surface area is 196 Å². The molecule has 33 heavy (non-hydrogen) atoms. The molecule has 8 nitrogen and oxygen atoms in total. The summed E-state index contributed by atoms with van der Waals surface area (Å²) in [4.78, 5) is 29.9. The quantitative estimate of drug-likeness (QED) is 0.449. The summed E-state index contributed by atoms with van der Waals surface area (Å²) in [5, 5.41) is 14.2. The molecule has 0 radical (unpaired) electrons. The standard InChI is InChI=1S/C20H21F3N6O2S2/c1-4-29-15(9-16(30)25-14-7-5-6-13(8-14)20(21,22)23)27-28-19(29)32-10-17(31)26-18-24-11(2)12(3)33-18/h5-8H,4,9-10H2,1-3H3,(H,25,30)(H,24,26,31). The molecule has 0 spiro atoms. The second-order valence-corrected chi connectivity index (χ2v) is 9.09. The highest BCUT2D eigenvalue weighted by molar-refractivity contribution is 7.99. The van der Waals surface area contributed by atoms with Crippen molar-refractivity contribution in [1.82, 2.24) is 19.7 Å². The summed E-state index contributed by atoms with van der Waals surface area (Å²) in [6.07, 6.45) is -4.68. The number of aromatic nitrogens is 4. The molecule has 2 heterocycles. The summed E-state index contributed by atoms with van der Waals surface area (Å²) in [5.41, 5.74) is 0.0510. The smallest absolute Gasteiger partial charge is 0.326 e. The normalized spacial score (nSPS) is 11.5. The van der Waals surface area contributed by atoms with E-state index in [1.807, 2.05) is 20.8 Å². The molecule has 3 rings (SSSR count). The SMILES string of the molecule is CCn1c(CC(=O)Nc2cccc(C(F)(F)F)c2)nnc1SCC(=O)Nc1nc(C)c(C)s1. The van der Waals surface area contributed by atoms with Crippen LogP contribution in [0.25, 0.3) is 0 Å². The maximum atomic E-state index is 12.9. The number of anilines is 2. The fourth-order valence-electron chi connectivity index (χ4n) is 2.81. The van der Waals surface area contributed by atoms with Crippen molar-refractivity contribution >= 4 is 45.7 Å². The molecular weight excluding hydrogens is 477 g/mol. The van der Waals surface area contributed by atoms with Crippen LogP contribution < -0.4 is 10.6 Å². The predicted octanol–water partition coefficient (Wildman–Crippen LogP) is 4.30. The van der Waals surface area contributed by atoms with Gasteiger partial charge in [0, 0.05) is 17.1 Å². The van der Waals surface area contributed by atoms with Crippen molar-refractivity contribution in [3.8, 4) is 0 Å². The van der Waals surface area contributed by atoms with Crippen LogP contribution in [0.5, 0.6) is 0 Å². The molecule has 3 aromatic rings. The first kappa shape index (κ1) is 24.7. The van der Waals surface area contributed by atoms with Gasteiger partial charge in [-0.3, -0.25) is 9.59 Å². The second kappa shape index (κ2) is 10.3. The van der Waals surface area contributed by atoms with Crippen molar-refractivity contribution in [2.24, 2.45) is 0 Å². The van der Waals surface area contributed by atoms with Gasteiger partial charge in [0.05, 0.1) is 23.4 Å². The number of carbonyl (C=O) groups is 2. The van der Waals surface area contributed by atoms with Crippen LogP contribution in [0.4, 0.5) is 24.0 Å². The highest BCUT2D eigenvalue weighted by Crippen LogP contribution is 2.30. The molecule has 0 aliphatic heterocycles. The molecule has 0 saturated carbocycles. The van der Waals surface area contributed by atoms with Gasteiger partial charge in [0.15, 0.2) is 10.3 Å². The lowest BCUT2D eigenvalue weighted by Crippen LogP contribution is -2.18. The molecule has 0 fully saturated rings. The van der Waals surface area contributed by atoms with E-state index in [0.717, 1.165) is 34.5 Å². The Morgan fingerprint density at radius 1 is 1.15 bits per heavy atom. The van der Waals surface area contributed by atoms with Crippen molar-refractivity contribution < 1.29 is 22.8 Å². The van der Waals surface area contributed by atoms with Crippen LogP contribution in [0.15, 0.2) is 29.4 Å². The van der Waals surface area contributed by atoms with Gasteiger partial charge in [-0.05, 0) is 39.0 Å². The molecule has 0 unspecified atom stereocenters. The van der Waals surface area contributed by atoms with Gasteiger partial charge in [-0.15, -0.1) is 21.5 Å². The maximum Gasteiger partial charge on any atom is 0.416 e. The van der Waals surface area contributed by atoms with Gasteiger partial charge in [-0.1, -0.05) is 17.8 Å². The molecule has 13 heteroatoms. The average molecular weight is 499 g/mol. The summed E-state index contributed by atoms with van der Waals surface area (Å²) in [6.45, 7) is 6.08. The third-order valence-electron chi connectivity index (χ3n) is 4.51. The lowest BCUT2D eigenvalue weighted by atomic mass is 10.2. The number of benzene rings is 1. The predicted molar refractivity (Wildman–Crippen MR) is 120 cm³/mol. The fourth-order valence-corrected chi connectivity index (χ4v) is 4.46. The molecule has 2 aromatic heterocycles. The molecule has 0 aliphatic carbocycles. The number of hydrogen-bond donors (Lipinski definition) is 2. The number of carbonyl (C=O) groups excluding carboxylic acids is 2. The molecule has 0 saturated heterocycles. The van der Waals surface area contributed by atoms with Gasteiger partial charge in [0.1, 0.15) is 5.82 Å². The number of thioether (sulfide) groups is 1. The first-order valence-electron chi connectivity index (χ1n) is 9.82. The zero-order valence-electron chi connectivity index (χ0n) is 18.0. The number of alkyl halides is 3. The van der Waals surface area contributed by atoms with E-state index in [1.165, 1.54) is 23.5 Å². The Balaban J connectivity index is 1.59. The first-order chi connectivity index (χ1) is 15.6. The van der Waals surface area contributed by atoms with Gasteiger partial charge in [0.2, 0.25) is 11.8 Å². The van der Waals surface area contributed by atoms with Crippen LogP contribution in [0.3, 0.4) is 0 Å². The summed E-state index contributed by atoms with van der Waals surface area (Å²) in [6, 6.07) is 4.40. The number of nitrogens with one attached hydrogen (secondary N) is 2. The highest BCUT2D eigenvalue weighted by atomic mass is 32.2. The summed E-state index contributed by atoms with van der Waals surface area (Å²) < 4.78 is 40.2. The monoisotopic (exact) mass is 498 g/mol. The Bertz CT molecular complexity index is 1140. The first-order valence-corrected chi connectivity index (χ1v) is 11.6. The second-order valence-electron chi connectivity index (χ2n) is 6.94. The molecular formula is C20H21F3N6O2S2. The third kappa shape index (κ3) is 6.54. The lowest BCUT2D eigenvalue weighted by molar-refractivity contribution is -0.137. The van der Waals surface area contributed by atoms with E-state index in [2.05, 4.69) is 25.8 Å². The molecule has 176 valence electrons. The number of amides is 2. The van der Waals surface area contributed by atoms with Gasteiger partial charge < -0.3 is 15.2 Å². The van der Waals surface area contributed by atoms with Crippen LogP contribution in [-0.4, -0.2) is 37.3 Å². The van der Waals surface area contributed by atoms with Crippen LogP contribution in [0.2, 0.25) is 0 Å². The largest absolute Gasteiger partial charge is 0.416 e. The molecule has 1 aromatic carbocycles. The minimum atomic E-state index is -4.50. The molecule has 0 aliphatic rings. The highest BCUT2D eigenvalue weighted by Gasteiger charge is 2.30. The average Bonchev–Trinajstić information content (AvgIpc) is 3.27. The maximum absolute atomic E-state index is 12.9. The van der Waals surface area contributed by atoms with E-state index in [0.29, 0.717) is 22.7 Å². The van der Waals surface area contributed by atoms with E-state index in [4.69, 9.17) is 0 Å². The van der Waals surface area contributed by atoms with Crippen molar-refractivity contribution in [2.45, 2.75) is 45.1 Å². The van der Waals surface area contributed by atoms with E-state index >= 15 is 0 Å². The minimum Gasteiger partial charge on any atom is -0.326 e. The zero-order chi connectivity index (χ0) is 24.2. The van der Waals surface area contributed by atoms with Gasteiger partial charge >= 0.3 is 6.18 Å². The van der Waals surface area contributed by atoms with E-state index in [9.17, 15) is 22.8 Å². The molecule has 2 amide bonds. The number of nitrogens with zero attached hydrogens (tertiary/aromatic N) is 4. The fraction of sp³-hybridized carbons (Fsp3) is 0.350. The van der Waals surface area contributed by atoms with Gasteiger partial charge in [0.25, 0.3) is 0 Å². The Morgan fingerprint density at radius 2 is 1.91 bits per heavy atom. The zero-order valence-corrected chi connectivity index (χ0v) is 19.6. The van der Waals surface area contributed by atoms with E-state index in [-0.39, 0.29) is 23.8 Å². The number of hydrogen-bond acceptors (Lipinski definition) is 7. The summed E-state index contributed by atoms with van der Waals surface area (Å²) in [5.74, 6) is -0.355. The third-order valence-corrected chi connectivity index (χ3v) is 6.46. The van der Waals surface area contributed by atoms with Gasteiger partial charge in [-0.2, -0.15) is 13.2 Å². The van der Waals surface area contributed by atoms with Crippen molar-refractivity contribution in [3.05, 3.63) is 46.2 Å². The summed E-state index contributed by atoms with van der Waals surface area (Å²) in [7, 11) is 0. The van der Waals surface area contributed by atoms with E-state index in [1.54, 1.807) is 4.57 Å². The van der Waals surface area contributed by atoms with Crippen LogP contribution >= 0.6 is 23.1 Å². The Morgan fingerprint density at radius 3 is 2.55 bits per heavy atom. The molecule has 2 N–H and O–H groups in total. The van der Waals surface area contributed by atoms with Crippen LogP contribution in [0.1, 0.15) is 28.9 Å². The van der Waals surface area contributed by atoms with Crippen LogP contribution in [0, 0.1) is 13.8 Å². The number of rotatable bonds is 8. The van der Waals surface area contributed by atoms with Crippen LogP contribution in [-0.2, 0) is 28.7 Å². The van der Waals surface area contributed by atoms with Crippen molar-refractivity contribution in [1.29, 1.82) is 0 Å². The number of thiazole rings is 1. The minimum absolute atomic E-state index is 0.0383. The topological polar surface area (TPSA) is 102 Å². The number of aryl methyl sites for hydroxylation is 2. The lowest BCUT2D eigenvalue weighted by Gasteiger charge is -2.10. The Kier molecular flexibility index (Phi) is 7.74. The number of halogens is 3.